The highest BCUT2D eigenvalue weighted by Crippen LogP contribution is 2.31. The van der Waals surface area contributed by atoms with Gasteiger partial charge in [0.2, 0.25) is 0 Å². The Kier molecular flexibility index (Phi) is 1.91. The van der Waals surface area contributed by atoms with Crippen LogP contribution in [-0.2, 0) is 13.1 Å². The van der Waals surface area contributed by atoms with Crippen molar-refractivity contribution in [3.05, 3.63) is 32.8 Å². The highest BCUT2D eigenvalue weighted by atomic mass is 79.9. The minimum atomic E-state index is 0.854. The zero-order chi connectivity index (χ0) is 7.84. The van der Waals surface area contributed by atoms with Crippen LogP contribution in [0.5, 0.6) is 0 Å². The van der Waals surface area contributed by atoms with Gasteiger partial charge in [0, 0.05) is 17.6 Å². The molecule has 1 N–H and O–H groups in total. The van der Waals surface area contributed by atoms with Crippen LogP contribution in [0, 0.1) is 0 Å². The molecule has 1 heterocycles. The standard InChI is InChI=1S/C8H7BrClN/c9-7-2-1-5-3-11-4-6(5)8(7)10/h1-2,11H,3-4H2. The van der Waals surface area contributed by atoms with Gasteiger partial charge in [-0.2, -0.15) is 0 Å². The maximum atomic E-state index is 6.05. The van der Waals surface area contributed by atoms with Crippen molar-refractivity contribution < 1.29 is 0 Å². The van der Waals surface area contributed by atoms with Crippen LogP contribution in [0.1, 0.15) is 11.1 Å². The zero-order valence-electron chi connectivity index (χ0n) is 5.82. The van der Waals surface area contributed by atoms with Crippen molar-refractivity contribution in [2.75, 3.05) is 0 Å². The molecule has 0 spiro atoms. The number of halogens is 2. The van der Waals surface area contributed by atoms with Gasteiger partial charge < -0.3 is 5.32 Å². The quantitative estimate of drug-likeness (QED) is 0.725. The van der Waals surface area contributed by atoms with E-state index in [9.17, 15) is 0 Å². The van der Waals surface area contributed by atoms with Crippen LogP contribution in [0.2, 0.25) is 5.02 Å². The lowest BCUT2D eigenvalue weighted by Gasteiger charge is -2.01. The van der Waals surface area contributed by atoms with E-state index in [1.54, 1.807) is 0 Å². The lowest BCUT2D eigenvalue weighted by Crippen LogP contribution is -2.00. The summed E-state index contributed by atoms with van der Waals surface area (Å²) in [6.07, 6.45) is 0. The van der Waals surface area contributed by atoms with Gasteiger partial charge >= 0.3 is 0 Å². The Hall–Kier alpha value is -0.0500. The van der Waals surface area contributed by atoms with Crippen molar-refractivity contribution in [3.63, 3.8) is 0 Å². The van der Waals surface area contributed by atoms with E-state index in [1.165, 1.54) is 11.1 Å². The first-order chi connectivity index (χ1) is 5.29. The Balaban J connectivity index is 2.62. The third kappa shape index (κ3) is 1.19. The van der Waals surface area contributed by atoms with Gasteiger partial charge in [-0.3, -0.25) is 0 Å². The van der Waals surface area contributed by atoms with E-state index in [4.69, 9.17) is 11.6 Å². The first-order valence-electron chi connectivity index (χ1n) is 3.45. The summed E-state index contributed by atoms with van der Waals surface area (Å²) in [6, 6.07) is 4.10. The van der Waals surface area contributed by atoms with E-state index in [0.717, 1.165) is 22.6 Å². The molecule has 3 heteroatoms. The fourth-order valence-electron chi connectivity index (χ4n) is 1.31. The predicted octanol–water partition coefficient (Wildman–Crippen LogP) is 2.71. The molecule has 0 saturated heterocycles. The van der Waals surface area contributed by atoms with Crippen LogP contribution in [0.25, 0.3) is 0 Å². The normalized spacial score (nSPS) is 15.1. The second-order valence-corrected chi connectivity index (χ2v) is 3.83. The molecule has 1 aromatic carbocycles. The topological polar surface area (TPSA) is 12.0 Å². The summed E-state index contributed by atoms with van der Waals surface area (Å²) in [7, 11) is 0. The van der Waals surface area contributed by atoms with Crippen LogP contribution < -0.4 is 5.32 Å². The van der Waals surface area contributed by atoms with Gasteiger partial charge in [0.25, 0.3) is 0 Å². The molecular weight excluding hydrogens is 225 g/mol. The summed E-state index contributed by atoms with van der Waals surface area (Å²) >= 11 is 9.44. The molecule has 0 atom stereocenters. The second-order valence-electron chi connectivity index (χ2n) is 2.60. The van der Waals surface area contributed by atoms with Gasteiger partial charge in [0.05, 0.1) is 5.02 Å². The molecule has 1 aliphatic heterocycles. The van der Waals surface area contributed by atoms with Crippen molar-refractivity contribution in [2.45, 2.75) is 13.1 Å². The van der Waals surface area contributed by atoms with Crippen LogP contribution in [0.3, 0.4) is 0 Å². The van der Waals surface area contributed by atoms with Crippen LogP contribution in [0.4, 0.5) is 0 Å². The summed E-state index contributed by atoms with van der Waals surface area (Å²) in [4.78, 5) is 0. The molecule has 0 amide bonds. The van der Waals surface area contributed by atoms with E-state index < -0.39 is 0 Å². The molecule has 0 bridgehead atoms. The van der Waals surface area contributed by atoms with Crippen molar-refractivity contribution in [3.8, 4) is 0 Å². The number of benzene rings is 1. The molecule has 0 radical (unpaired) electrons. The molecule has 0 aliphatic carbocycles. The van der Waals surface area contributed by atoms with Gasteiger partial charge in [-0.05, 0) is 33.1 Å². The van der Waals surface area contributed by atoms with E-state index >= 15 is 0 Å². The van der Waals surface area contributed by atoms with Crippen molar-refractivity contribution >= 4 is 27.5 Å². The molecule has 0 unspecified atom stereocenters. The van der Waals surface area contributed by atoms with Crippen LogP contribution in [0.15, 0.2) is 16.6 Å². The van der Waals surface area contributed by atoms with E-state index in [-0.39, 0.29) is 0 Å². The van der Waals surface area contributed by atoms with Gasteiger partial charge in [0.15, 0.2) is 0 Å². The van der Waals surface area contributed by atoms with Gasteiger partial charge in [0.1, 0.15) is 0 Å². The van der Waals surface area contributed by atoms with Crippen LogP contribution in [-0.4, -0.2) is 0 Å². The second kappa shape index (κ2) is 2.77. The smallest absolute Gasteiger partial charge is 0.0596 e. The zero-order valence-corrected chi connectivity index (χ0v) is 8.17. The Morgan fingerprint density at radius 1 is 1.36 bits per heavy atom. The number of hydrogen-bond donors (Lipinski definition) is 1. The molecule has 2 rings (SSSR count). The van der Waals surface area contributed by atoms with Gasteiger partial charge in [-0.25, -0.2) is 0 Å². The minimum absolute atomic E-state index is 0.854. The molecule has 58 valence electrons. The number of hydrogen-bond acceptors (Lipinski definition) is 1. The minimum Gasteiger partial charge on any atom is -0.309 e. The Morgan fingerprint density at radius 3 is 3.00 bits per heavy atom. The Labute approximate surface area is 78.9 Å². The molecule has 11 heavy (non-hydrogen) atoms. The fourth-order valence-corrected chi connectivity index (χ4v) is 1.93. The van der Waals surface area contributed by atoms with Crippen LogP contribution >= 0.6 is 27.5 Å². The van der Waals surface area contributed by atoms with E-state index in [1.807, 2.05) is 6.07 Å². The monoisotopic (exact) mass is 231 g/mol. The Bertz CT molecular complexity index is 298. The highest BCUT2D eigenvalue weighted by Gasteiger charge is 2.14. The molecule has 1 aliphatic rings. The lowest BCUT2D eigenvalue weighted by molar-refractivity contribution is 0.765. The SMILES string of the molecule is Clc1c(Br)ccc2c1CNC2. The van der Waals surface area contributed by atoms with E-state index in [0.29, 0.717) is 0 Å². The van der Waals surface area contributed by atoms with Crippen molar-refractivity contribution in [1.29, 1.82) is 0 Å². The van der Waals surface area contributed by atoms with Crippen molar-refractivity contribution in [1.82, 2.24) is 5.32 Å². The average Bonchev–Trinajstić information content (AvgIpc) is 2.45. The van der Waals surface area contributed by atoms with Crippen molar-refractivity contribution in [2.24, 2.45) is 0 Å². The highest BCUT2D eigenvalue weighted by molar-refractivity contribution is 9.10. The number of rotatable bonds is 0. The Morgan fingerprint density at radius 2 is 2.18 bits per heavy atom. The first-order valence-corrected chi connectivity index (χ1v) is 4.62. The predicted molar refractivity (Wildman–Crippen MR) is 49.7 cm³/mol. The molecule has 0 fully saturated rings. The fraction of sp³-hybridized carbons (Fsp3) is 0.250. The summed E-state index contributed by atoms with van der Waals surface area (Å²) < 4.78 is 0.988. The molecule has 1 nitrogen and oxygen atoms in total. The summed E-state index contributed by atoms with van der Waals surface area (Å²) in [5.74, 6) is 0. The molecule has 0 saturated carbocycles. The summed E-state index contributed by atoms with van der Waals surface area (Å²) in [6.45, 7) is 1.84. The van der Waals surface area contributed by atoms with E-state index in [2.05, 4.69) is 27.3 Å². The maximum absolute atomic E-state index is 6.05. The average molecular weight is 233 g/mol. The number of nitrogens with one attached hydrogen (secondary N) is 1. The van der Waals surface area contributed by atoms with Gasteiger partial charge in [-0.1, -0.05) is 17.7 Å². The lowest BCUT2D eigenvalue weighted by atomic mass is 10.1. The third-order valence-corrected chi connectivity index (χ3v) is 3.23. The molecule has 0 aromatic heterocycles. The molecular formula is C8H7BrClN. The largest absolute Gasteiger partial charge is 0.309 e. The number of fused-ring (bicyclic) bond motifs is 1. The third-order valence-electron chi connectivity index (χ3n) is 1.91. The maximum Gasteiger partial charge on any atom is 0.0596 e. The molecule has 1 aromatic rings. The summed E-state index contributed by atoms with van der Waals surface area (Å²) in [5.41, 5.74) is 2.55. The summed E-state index contributed by atoms with van der Waals surface area (Å²) in [5, 5.41) is 4.10. The van der Waals surface area contributed by atoms with Gasteiger partial charge in [-0.15, -0.1) is 0 Å². The first kappa shape index (κ1) is 7.59.